The van der Waals surface area contributed by atoms with Gasteiger partial charge in [-0.05, 0) is 37.1 Å². The van der Waals surface area contributed by atoms with Crippen LogP contribution in [0.1, 0.15) is 12.8 Å². The molecule has 0 aliphatic carbocycles. The Morgan fingerprint density at radius 3 is 2.45 bits per heavy atom. The summed E-state index contributed by atoms with van der Waals surface area (Å²) in [7, 11) is -6.13. The Hall–Kier alpha value is -1.18. The zero-order valence-corrected chi connectivity index (χ0v) is 12.5. The van der Waals surface area contributed by atoms with E-state index < -0.39 is 20.5 Å². The van der Waals surface area contributed by atoms with E-state index in [0.717, 1.165) is 12.0 Å². The van der Waals surface area contributed by atoms with Crippen molar-refractivity contribution in [2.75, 3.05) is 19.0 Å². The molecular weight excluding hydrogens is 300 g/mol. The summed E-state index contributed by atoms with van der Waals surface area (Å²) in [5.41, 5.74) is 0.849. The number of ether oxygens (including phenoxy) is 1. The van der Waals surface area contributed by atoms with Gasteiger partial charge in [0.05, 0.1) is 28.8 Å². The van der Waals surface area contributed by atoms with Gasteiger partial charge >= 0.3 is 0 Å². The second-order valence-electron chi connectivity index (χ2n) is 4.52. The smallest absolute Gasteiger partial charge is 0.182 e. The first-order valence-corrected chi connectivity index (χ1v) is 9.05. The Kier molecular flexibility index (Phi) is 4.95. The van der Waals surface area contributed by atoms with Crippen molar-refractivity contribution in [1.29, 1.82) is 0 Å². The Morgan fingerprint density at radius 2 is 1.80 bits per heavy atom. The molecule has 1 heterocycles. The van der Waals surface area contributed by atoms with Gasteiger partial charge < -0.3 is 4.74 Å². The maximum atomic E-state index is 12.3. The van der Waals surface area contributed by atoms with Crippen LogP contribution in [0, 0.1) is 0 Å². The molecule has 0 radical (unpaired) electrons. The molecule has 0 atom stereocenters. The molecule has 0 aromatic heterocycles. The average Bonchev–Trinajstić information content (AvgIpc) is 2.67. The Morgan fingerprint density at radius 1 is 1.10 bits per heavy atom. The molecule has 1 aromatic rings. The van der Waals surface area contributed by atoms with Crippen LogP contribution in [-0.2, 0) is 25.3 Å². The Balaban J connectivity index is 2.19. The first kappa shape index (κ1) is 15.2. The average molecular weight is 316 g/mol. The second kappa shape index (κ2) is 6.51. The van der Waals surface area contributed by atoms with E-state index in [0.29, 0.717) is 19.6 Å². The maximum Gasteiger partial charge on any atom is 0.182 e. The number of hydrogen-bond acceptors (Lipinski definition) is 5. The van der Waals surface area contributed by atoms with Crippen LogP contribution in [0.15, 0.2) is 45.7 Å². The Labute approximate surface area is 120 Å². The van der Waals surface area contributed by atoms with Gasteiger partial charge in [-0.2, -0.15) is 0 Å². The molecule has 0 unspecified atom stereocenters. The van der Waals surface area contributed by atoms with Crippen LogP contribution in [0.5, 0.6) is 0 Å². The highest BCUT2D eigenvalue weighted by Gasteiger charge is 2.17. The lowest BCUT2D eigenvalue weighted by molar-refractivity contribution is 0.147. The summed E-state index contributed by atoms with van der Waals surface area (Å²) < 4.78 is 51.4. The molecule has 2 rings (SSSR count). The van der Waals surface area contributed by atoms with Crippen molar-refractivity contribution in [3.8, 4) is 0 Å². The van der Waals surface area contributed by atoms with Crippen LogP contribution in [0.4, 0.5) is 0 Å². The van der Waals surface area contributed by atoms with E-state index in [4.69, 9.17) is 4.74 Å². The highest BCUT2D eigenvalue weighted by Crippen LogP contribution is 2.18. The topological polar surface area (TPSA) is 77.5 Å². The SMILES string of the molecule is O=[SH](=O)c1ccc(S(=O)(=O)CC2=CCCOCC2)cc1. The third kappa shape index (κ3) is 3.91. The maximum absolute atomic E-state index is 12.3. The summed E-state index contributed by atoms with van der Waals surface area (Å²) in [5.74, 6) is -0.0424. The standard InChI is InChI=1S/C13H16O5S2/c14-19(15)12-3-5-13(6-4-12)20(16,17)10-11-2-1-8-18-9-7-11/h2-6,19H,1,7-10H2. The van der Waals surface area contributed by atoms with E-state index in [2.05, 4.69) is 0 Å². The highest BCUT2D eigenvalue weighted by atomic mass is 32.2. The molecule has 20 heavy (non-hydrogen) atoms. The van der Waals surface area contributed by atoms with Crippen LogP contribution in [-0.4, -0.2) is 35.8 Å². The molecule has 0 spiro atoms. The molecule has 0 bridgehead atoms. The first-order valence-electron chi connectivity index (χ1n) is 6.22. The lowest BCUT2D eigenvalue weighted by Crippen LogP contribution is -2.10. The van der Waals surface area contributed by atoms with Crippen molar-refractivity contribution in [2.45, 2.75) is 22.6 Å². The first-order chi connectivity index (χ1) is 9.49. The number of sulfone groups is 1. The van der Waals surface area contributed by atoms with Crippen LogP contribution in [0.25, 0.3) is 0 Å². The molecule has 0 N–H and O–H groups in total. The Bertz CT molecular complexity index is 661. The summed E-state index contributed by atoms with van der Waals surface area (Å²) in [6, 6.07) is 5.29. The minimum Gasteiger partial charge on any atom is -0.381 e. The van der Waals surface area contributed by atoms with Gasteiger partial charge in [0.25, 0.3) is 0 Å². The monoisotopic (exact) mass is 316 g/mol. The lowest BCUT2D eigenvalue weighted by Gasteiger charge is -2.07. The van der Waals surface area contributed by atoms with Crippen LogP contribution in [0.2, 0.25) is 0 Å². The number of thiol groups is 1. The van der Waals surface area contributed by atoms with E-state index in [9.17, 15) is 16.8 Å². The highest BCUT2D eigenvalue weighted by molar-refractivity contribution is 7.91. The van der Waals surface area contributed by atoms with Gasteiger partial charge in [0.1, 0.15) is 0 Å². The van der Waals surface area contributed by atoms with Gasteiger partial charge in [-0.25, -0.2) is 16.8 Å². The van der Waals surface area contributed by atoms with Crippen LogP contribution < -0.4 is 0 Å². The van der Waals surface area contributed by atoms with Gasteiger partial charge in [0.15, 0.2) is 20.5 Å². The molecule has 5 nitrogen and oxygen atoms in total. The second-order valence-corrected chi connectivity index (χ2v) is 7.54. The van der Waals surface area contributed by atoms with Gasteiger partial charge in [-0.1, -0.05) is 11.6 Å². The van der Waals surface area contributed by atoms with E-state index >= 15 is 0 Å². The summed E-state index contributed by atoms with van der Waals surface area (Å²) in [6.45, 7) is 1.16. The minimum atomic E-state index is -3.44. The van der Waals surface area contributed by atoms with E-state index in [1.54, 1.807) is 0 Å². The normalized spacial score (nSPS) is 16.8. The summed E-state index contributed by atoms with van der Waals surface area (Å²) in [4.78, 5) is 0.255. The van der Waals surface area contributed by atoms with E-state index in [1.807, 2.05) is 6.08 Å². The van der Waals surface area contributed by atoms with Gasteiger partial charge in [-0.3, -0.25) is 0 Å². The molecule has 7 heteroatoms. The fourth-order valence-electron chi connectivity index (χ4n) is 1.99. The molecule has 0 saturated heterocycles. The van der Waals surface area contributed by atoms with E-state index in [1.165, 1.54) is 24.3 Å². The molecular formula is C13H16O5S2. The summed E-state index contributed by atoms with van der Waals surface area (Å²) >= 11 is 0. The fourth-order valence-corrected chi connectivity index (χ4v) is 3.85. The number of rotatable bonds is 4. The quantitative estimate of drug-likeness (QED) is 0.666. The zero-order chi connectivity index (χ0) is 14.6. The predicted octanol–water partition coefficient (Wildman–Crippen LogP) is 1.17. The zero-order valence-electron chi connectivity index (χ0n) is 10.8. The summed E-state index contributed by atoms with van der Waals surface area (Å²) in [6.07, 6.45) is 3.25. The van der Waals surface area contributed by atoms with Gasteiger partial charge in [0.2, 0.25) is 0 Å². The van der Waals surface area contributed by atoms with Crippen LogP contribution in [0.3, 0.4) is 0 Å². The van der Waals surface area contributed by atoms with Crippen molar-refractivity contribution < 1.29 is 21.6 Å². The molecule has 1 aliphatic heterocycles. The lowest BCUT2D eigenvalue weighted by atomic mass is 10.2. The number of benzene rings is 1. The molecule has 1 aromatic carbocycles. The van der Waals surface area contributed by atoms with Crippen molar-refractivity contribution in [2.24, 2.45) is 0 Å². The van der Waals surface area contributed by atoms with Gasteiger partial charge in [0, 0.05) is 0 Å². The molecule has 0 fully saturated rings. The third-order valence-corrected chi connectivity index (χ3v) is 5.51. The third-order valence-electron chi connectivity index (χ3n) is 3.04. The molecule has 110 valence electrons. The molecule has 0 amide bonds. The molecule has 0 saturated carbocycles. The number of hydrogen-bond donors (Lipinski definition) is 1. The summed E-state index contributed by atoms with van der Waals surface area (Å²) in [5, 5.41) is 0. The van der Waals surface area contributed by atoms with Crippen LogP contribution >= 0.6 is 0 Å². The van der Waals surface area contributed by atoms with Gasteiger partial charge in [-0.15, -0.1) is 0 Å². The van der Waals surface area contributed by atoms with Crippen molar-refractivity contribution in [3.05, 3.63) is 35.9 Å². The van der Waals surface area contributed by atoms with E-state index in [-0.39, 0.29) is 15.5 Å². The molecule has 1 aliphatic rings. The van der Waals surface area contributed by atoms with Crippen molar-refractivity contribution in [1.82, 2.24) is 0 Å². The largest absolute Gasteiger partial charge is 0.381 e. The van der Waals surface area contributed by atoms with Crippen molar-refractivity contribution >= 4 is 20.5 Å². The predicted molar refractivity (Wildman–Crippen MR) is 75.2 cm³/mol. The van der Waals surface area contributed by atoms with Crippen molar-refractivity contribution in [3.63, 3.8) is 0 Å². The fraction of sp³-hybridized carbons (Fsp3) is 0.385. The minimum absolute atomic E-state index is 0.0424.